The Kier molecular flexibility index (Phi) is 55.0. The van der Waals surface area contributed by atoms with Gasteiger partial charge in [-0.25, -0.2) is 0 Å². The summed E-state index contributed by atoms with van der Waals surface area (Å²) in [6, 6.07) is 0. The van der Waals surface area contributed by atoms with Gasteiger partial charge in [0.1, 0.15) is 13.2 Å². The highest BCUT2D eigenvalue weighted by Gasteiger charge is 2.19. The van der Waals surface area contributed by atoms with E-state index >= 15 is 0 Å². The molecular weight excluding hydrogens is 841 g/mol. The van der Waals surface area contributed by atoms with Crippen molar-refractivity contribution in [3.8, 4) is 0 Å². The molecule has 0 radical (unpaired) electrons. The van der Waals surface area contributed by atoms with Gasteiger partial charge in [-0.05, 0) is 25.2 Å². The average molecular weight is 962 g/mol. The van der Waals surface area contributed by atoms with Crippen LogP contribution in [0.25, 0.3) is 0 Å². The highest BCUT2D eigenvalue weighted by molar-refractivity contribution is 5.71. The highest BCUT2D eigenvalue weighted by Crippen LogP contribution is 2.19. The Morgan fingerprint density at radius 1 is 0.294 bits per heavy atom. The van der Waals surface area contributed by atoms with Crippen LogP contribution in [-0.2, 0) is 28.6 Å². The first kappa shape index (κ1) is 66.4. The Balaban J connectivity index is 4.13. The molecule has 0 saturated heterocycles. The number of ether oxygens (including phenoxy) is 3. The van der Waals surface area contributed by atoms with Gasteiger partial charge < -0.3 is 14.2 Å². The van der Waals surface area contributed by atoms with Crippen molar-refractivity contribution < 1.29 is 28.6 Å². The Labute approximate surface area is 425 Å². The second kappa shape index (κ2) is 56.3. The third-order valence-electron chi connectivity index (χ3n) is 14.7. The van der Waals surface area contributed by atoms with Crippen molar-refractivity contribution in [1.82, 2.24) is 0 Å². The summed E-state index contributed by atoms with van der Waals surface area (Å²) >= 11 is 0. The molecule has 0 rings (SSSR count). The normalized spacial score (nSPS) is 12.4. The summed E-state index contributed by atoms with van der Waals surface area (Å²) in [5.41, 5.74) is 0. The van der Waals surface area contributed by atoms with Crippen molar-refractivity contribution in [2.24, 2.45) is 5.92 Å². The zero-order valence-corrected chi connectivity index (χ0v) is 46.6. The third-order valence-corrected chi connectivity index (χ3v) is 14.7. The molecular formula is C62H120O6. The van der Waals surface area contributed by atoms with Crippen molar-refractivity contribution >= 4 is 17.9 Å². The molecule has 0 aliphatic rings. The fourth-order valence-electron chi connectivity index (χ4n) is 9.60. The van der Waals surface area contributed by atoms with Crippen molar-refractivity contribution in [1.29, 1.82) is 0 Å². The number of unbranched alkanes of at least 4 members (excludes halogenated alkanes) is 43. The van der Waals surface area contributed by atoms with E-state index in [0.717, 1.165) is 63.7 Å². The number of carbonyl (C=O) groups is 3. The minimum atomic E-state index is -0.761. The molecule has 0 spiro atoms. The van der Waals surface area contributed by atoms with Gasteiger partial charge in [0, 0.05) is 19.3 Å². The minimum Gasteiger partial charge on any atom is -0.462 e. The maximum atomic E-state index is 12.8. The number of esters is 3. The Morgan fingerprint density at radius 3 is 0.765 bits per heavy atom. The standard InChI is InChI=1S/C62H120O6/c1-5-8-10-12-14-16-17-18-19-20-21-25-28-31-34-38-41-45-49-53-60(63)66-56-59(68-62(65)55-51-47-43-36-15-13-11-9-6-2)57-67-61(64)54-50-46-42-39-35-32-29-26-23-22-24-27-30-33-37-40-44-48-52-58(4)7-3/h58-59H,5-57H2,1-4H3/t58?,59-/m1/s1. The zero-order valence-electron chi connectivity index (χ0n) is 46.6. The lowest BCUT2D eigenvalue weighted by Crippen LogP contribution is -2.30. The van der Waals surface area contributed by atoms with Gasteiger partial charge in [0.25, 0.3) is 0 Å². The number of carbonyl (C=O) groups excluding carboxylic acids is 3. The first-order valence-electron chi connectivity index (χ1n) is 30.9. The first-order valence-corrected chi connectivity index (χ1v) is 30.9. The third kappa shape index (κ3) is 53.8. The van der Waals surface area contributed by atoms with Crippen LogP contribution in [0.5, 0.6) is 0 Å². The van der Waals surface area contributed by atoms with Crippen LogP contribution in [0.1, 0.15) is 355 Å². The average Bonchev–Trinajstić information content (AvgIpc) is 3.34. The van der Waals surface area contributed by atoms with Gasteiger partial charge in [0.2, 0.25) is 0 Å². The molecule has 0 aliphatic heterocycles. The summed E-state index contributed by atoms with van der Waals surface area (Å²) in [6.45, 7) is 9.10. The second-order valence-electron chi connectivity index (χ2n) is 21.6. The van der Waals surface area contributed by atoms with Crippen molar-refractivity contribution in [3.63, 3.8) is 0 Å². The molecule has 0 N–H and O–H groups in total. The van der Waals surface area contributed by atoms with E-state index < -0.39 is 6.10 Å². The van der Waals surface area contributed by atoms with Gasteiger partial charge in [-0.3, -0.25) is 14.4 Å². The van der Waals surface area contributed by atoms with Crippen LogP contribution in [0.2, 0.25) is 0 Å². The number of hydrogen-bond donors (Lipinski definition) is 0. The maximum Gasteiger partial charge on any atom is 0.306 e. The van der Waals surface area contributed by atoms with Crippen LogP contribution >= 0.6 is 0 Å². The minimum absolute atomic E-state index is 0.0619. The van der Waals surface area contributed by atoms with Gasteiger partial charge in [0.05, 0.1) is 0 Å². The fraction of sp³-hybridized carbons (Fsp3) is 0.952. The Bertz CT molecular complexity index is 1030. The van der Waals surface area contributed by atoms with Crippen LogP contribution in [0.3, 0.4) is 0 Å². The molecule has 6 heteroatoms. The topological polar surface area (TPSA) is 78.9 Å². The quantitative estimate of drug-likeness (QED) is 0.0343. The van der Waals surface area contributed by atoms with E-state index in [-0.39, 0.29) is 31.1 Å². The molecule has 0 bridgehead atoms. The van der Waals surface area contributed by atoms with Crippen molar-refractivity contribution in [2.75, 3.05) is 13.2 Å². The molecule has 2 atom stereocenters. The first-order chi connectivity index (χ1) is 33.4. The molecule has 0 aliphatic carbocycles. The molecule has 0 aromatic rings. The number of rotatable bonds is 57. The molecule has 0 amide bonds. The predicted octanol–water partition coefficient (Wildman–Crippen LogP) is 20.6. The summed E-state index contributed by atoms with van der Waals surface area (Å²) in [5.74, 6) is 0.0747. The lowest BCUT2D eigenvalue weighted by molar-refractivity contribution is -0.167. The molecule has 0 aromatic heterocycles. The summed E-state index contributed by atoms with van der Waals surface area (Å²) in [5, 5.41) is 0. The van der Waals surface area contributed by atoms with Crippen molar-refractivity contribution in [3.05, 3.63) is 0 Å². The Hall–Kier alpha value is -1.59. The molecule has 6 nitrogen and oxygen atoms in total. The summed E-state index contributed by atoms with van der Waals surface area (Å²) in [7, 11) is 0. The van der Waals surface area contributed by atoms with Gasteiger partial charge in [-0.2, -0.15) is 0 Å². The lowest BCUT2D eigenvalue weighted by Gasteiger charge is -2.18. The van der Waals surface area contributed by atoms with Gasteiger partial charge in [0.15, 0.2) is 6.10 Å². The van der Waals surface area contributed by atoms with E-state index in [1.165, 1.54) is 250 Å². The van der Waals surface area contributed by atoms with Crippen LogP contribution in [-0.4, -0.2) is 37.2 Å². The van der Waals surface area contributed by atoms with Crippen LogP contribution in [0.15, 0.2) is 0 Å². The molecule has 404 valence electrons. The van der Waals surface area contributed by atoms with E-state index in [9.17, 15) is 14.4 Å². The van der Waals surface area contributed by atoms with E-state index in [4.69, 9.17) is 14.2 Å². The van der Waals surface area contributed by atoms with Gasteiger partial charge >= 0.3 is 17.9 Å². The van der Waals surface area contributed by atoms with E-state index in [1.807, 2.05) is 0 Å². The fourth-order valence-corrected chi connectivity index (χ4v) is 9.60. The smallest absolute Gasteiger partial charge is 0.306 e. The predicted molar refractivity (Wildman–Crippen MR) is 293 cm³/mol. The molecule has 68 heavy (non-hydrogen) atoms. The van der Waals surface area contributed by atoms with E-state index in [0.29, 0.717) is 19.3 Å². The summed E-state index contributed by atoms with van der Waals surface area (Å²) in [4.78, 5) is 38.1. The monoisotopic (exact) mass is 961 g/mol. The molecule has 0 heterocycles. The molecule has 0 aromatic carbocycles. The lowest BCUT2D eigenvalue weighted by atomic mass is 9.99. The molecule has 1 unspecified atom stereocenters. The SMILES string of the molecule is CCCCCCCCCCCCCCCCCCCCCC(=O)OC[C@H](COC(=O)CCCCCCCCCCCCCCCCCCCCC(C)CC)OC(=O)CCCCCCCCCCC. The van der Waals surface area contributed by atoms with E-state index in [1.54, 1.807) is 0 Å². The maximum absolute atomic E-state index is 12.8. The Morgan fingerprint density at radius 2 is 0.515 bits per heavy atom. The van der Waals surface area contributed by atoms with Crippen LogP contribution in [0, 0.1) is 5.92 Å². The van der Waals surface area contributed by atoms with Gasteiger partial charge in [-0.15, -0.1) is 0 Å². The largest absolute Gasteiger partial charge is 0.462 e. The van der Waals surface area contributed by atoms with E-state index in [2.05, 4.69) is 27.7 Å². The summed E-state index contributed by atoms with van der Waals surface area (Å²) < 4.78 is 16.9. The zero-order chi connectivity index (χ0) is 49.5. The highest BCUT2D eigenvalue weighted by atomic mass is 16.6. The molecule has 0 saturated carbocycles. The van der Waals surface area contributed by atoms with Crippen LogP contribution < -0.4 is 0 Å². The van der Waals surface area contributed by atoms with Crippen molar-refractivity contribution in [2.45, 2.75) is 361 Å². The number of hydrogen-bond acceptors (Lipinski definition) is 6. The molecule has 0 fully saturated rings. The van der Waals surface area contributed by atoms with Crippen LogP contribution in [0.4, 0.5) is 0 Å². The van der Waals surface area contributed by atoms with Gasteiger partial charge in [-0.1, -0.05) is 317 Å². The summed E-state index contributed by atoms with van der Waals surface area (Å²) in [6.07, 6.45) is 62.5. The second-order valence-corrected chi connectivity index (χ2v) is 21.6.